The van der Waals surface area contributed by atoms with Crippen LogP contribution in [-0.2, 0) is 4.74 Å². The SMILES string of the molecule is CCNc1ncc(C(=O)NCCCOC)c2ccccc12. The molecule has 0 aliphatic rings. The van der Waals surface area contributed by atoms with Gasteiger partial charge in [-0.25, -0.2) is 4.98 Å². The normalized spacial score (nSPS) is 10.6. The fraction of sp³-hybridized carbons (Fsp3) is 0.375. The number of methoxy groups -OCH3 is 1. The lowest BCUT2D eigenvalue weighted by Gasteiger charge is -2.11. The monoisotopic (exact) mass is 287 g/mol. The summed E-state index contributed by atoms with van der Waals surface area (Å²) in [6.45, 7) is 4.04. The van der Waals surface area contributed by atoms with Crippen LogP contribution in [0.2, 0.25) is 0 Å². The summed E-state index contributed by atoms with van der Waals surface area (Å²) in [5.74, 6) is 0.710. The van der Waals surface area contributed by atoms with Crippen molar-refractivity contribution in [3.05, 3.63) is 36.0 Å². The Labute approximate surface area is 124 Å². The number of carbonyl (C=O) groups is 1. The molecule has 0 saturated carbocycles. The number of nitrogens with one attached hydrogen (secondary N) is 2. The van der Waals surface area contributed by atoms with Gasteiger partial charge in [0.25, 0.3) is 5.91 Å². The Morgan fingerprint density at radius 1 is 1.29 bits per heavy atom. The Bertz CT molecular complexity index is 613. The maximum Gasteiger partial charge on any atom is 0.253 e. The highest BCUT2D eigenvalue weighted by molar-refractivity contribution is 6.09. The second-order valence-electron chi connectivity index (χ2n) is 4.70. The molecule has 21 heavy (non-hydrogen) atoms. The van der Waals surface area contributed by atoms with Crippen molar-refractivity contribution in [2.75, 3.05) is 32.1 Å². The second-order valence-corrected chi connectivity index (χ2v) is 4.70. The first-order chi connectivity index (χ1) is 10.3. The first-order valence-electron chi connectivity index (χ1n) is 7.16. The van der Waals surface area contributed by atoms with Gasteiger partial charge in [-0.3, -0.25) is 4.79 Å². The highest BCUT2D eigenvalue weighted by atomic mass is 16.5. The molecule has 0 saturated heterocycles. The predicted octanol–water partition coefficient (Wildman–Crippen LogP) is 2.43. The molecule has 2 aromatic rings. The number of amides is 1. The summed E-state index contributed by atoms with van der Waals surface area (Å²) in [6.07, 6.45) is 2.43. The molecule has 0 unspecified atom stereocenters. The van der Waals surface area contributed by atoms with Gasteiger partial charge in [0.05, 0.1) is 5.56 Å². The quantitative estimate of drug-likeness (QED) is 0.768. The van der Waals surface area contributed by atoms with Crippen molar-refractivity contribution in [3.63, 3.8) is 0 Å². The highest BCUT2D eigenvalue weighted by Crippen LogP contribution is 2.24. The maximum atomic E-state index is 12.3. The predicted molar refractivity (Wildman–Crippen MR) is 84.7 cm³/mol. The largest absolute Gasteiger partial charge is 0.385 e. The van der Waals surface area contributed by atoms with Crippen LogP contribution >= 0.6 is 0 Å². The Morgan fingerprint density at radius 2 is 2.05 bits per heavy atom. The van der Waals surface area contributed by atoms with E-state index in [0.717, 1.165) is 29.6 Å². The molecule has 1 aromatic carbocycles. The van der Waals surface area contributed by atoms with Crippen molar-refractivity contribution >= 4 is 22.5 Å². The van der Waals surface area contributed by atoms with Gasteiger partial charge in [-0.15, -0.1) is 0 Å². The Hall–Kier alpha value is -2.14. The van der Waals surface area contributed by atoms with E-state index in [1.807, 2.05) is 31.2 Å². The summed E-state index contributed by atoms with van der Waals surface area (Å²) in [5, 5.41) is 7.99. The molecular weight excluding hydrogens is 266 g/mol. The van der Waals surface area contributed by atoms with Gasteiger partial charge in [0.15, 0.2) is 0 Å². The standard InChI is InChI=1S/C16H21N3O2/c1-3-17-15-13-8-5-4-7-12(13)14(11-19-15)16(20)18-9-6-10-21-2/h4-5,7-8,11H,3,6,9-10H2,1-2H3,(H,17,19)(H,18,20). The number of rotatable bonds is 7. The maximum absolute atomic E-state index is 12.3. The topological polar surface area (TPSA) is 63.2 Å². The van der Waals surface area contributed by atoms with Crippen molar-refractivity contribution in [3.8, 4) is 0 Å². The van der Waals surface area contributed by atoms with E-state index in [1.165, 1.54) is 0 Å². The number of fused-ring (bicyclic) bond motifs is 1. The minimum absolute atomic E-state index is 0.0992. The lowest BCUT2D eigenvalue weighted by molar-refractivity contribution is 0.0950. The van der Waals surface area contributed by atoms with E-state index in [9.17, 15) is 4.79 Å². The Balaban J connectivity index is 2.24. The lowest BCUT2D eigenvalue weighted by atomic mass is 10.1. The van der Waals surface area contributed by atoms with Crippen molar-refractivity contribution in [1.82, 2.24) is 10.3 Å². The number of pyridine rings is 1. The number of aromatic nitrogens is 1. The fourth-order valence-electron chi connectivity index (χ4n) is 2.20. The molecule has 2 rings (SSSR count). The number of hydrogen-bond acceptors (Lipinski definition) is 4. The molecule has 1 aromatic heterocycles. The van der Waals surface area contributed by atoms with Gasteiger partial charge >= 0.3 is 0 Å². The van der Waals surface area contributed by atoms with Crippen LogP contribution in [0.4, 0.5) is 5.82 Å². The molecule has 0 radical (unpaired) electrons. The van der Waals surface area contributed by atoms with Gasteiger partial charge in [-0.2, -0.15) is 0 Å². The summed E-state index contributed by atoms with van der Waals surface area (Å²) in [4.78, 5) is 16.6. The van der Waals surface area contributed by atoms with Gasteiger partial charge < -0.3 is 15.4 Å². The summed E-state index contributed by atoms with van der Waals surface area (Å²) >= 11 is 0. The number of benzene rings is 1. The van der Waals surface area contributed by atoms with Crippen molar-refractivity contribution in [1.29, 1.82) is 0 Å². The van der Waals surface area contributed by atoms with Crippen LogP contribution < -0.4 is 10.6 Å². The lowest BCUT2D eigenvalue weighted by Crippen LogP contribution is -2.25. The van der Waals surface area contributed by atoms with E-state index in [2.05, 4.69) is 15.6 Å². The zero-order chi connectivity index (χ0) is 15.1. The van der Waals surface area contributed by atoms with Crippen LogP contribution in [0.15, 0.2) is 30.5 Å². The Morgan fingerprint density at radius 3 is 2.76 bits per heavy atom. The zero-order valence-corrected chi connectivity index (χ0v) is 12.5. The molecule has 5 heteroatoms. The van der Waals surface area contributed by atoms with Gasteiger partial charge in [-0.05, 0) is 18.7 Å². The summed E-state index contributed by atoms with van der Waals surface area (Å²) in [6, 6.07) is 7.80. The molecular formula is C16H21N3O2. The number of carbonyl (C=O) groups excluding carboxylic acids is 1. The van der Waals surface area contributed by atoms with Crippen molar-refractivity contribution in [2.45, 2.75) is 13.3 Å². The number of ether oxygens (including phenoxy) is 1. The number of anilines is 1. The first kappa shape index (κ1) is 15.3. The van der Waals surface area contributed by atoms with Crippen LogP contribution in [-0.4, -0.2) is 37.7 Å². The van der Waals surface area contributed by atoms with Crippen LogP contribution in [0, 0.1) is 0 Å². The molecule has 0 spiro atoms. The molecule has 1 amide bonds. The van der Waals surface area contributed by atoms with E-state index in [-0.39, 0.29) is 5.91 Å². The molecule has 112 valence electrons. The second kappa shape index (κ2) is 7.59. The zero-order valence-electron chi connectivity index (χ0n) is 12.5. The van der Waals surface area contributed by atoms with E-state index in [1.54, 1.807) is 13.3 Å². The minimum Gasteiger partial charge on any atom is -0.385 e. The molecule has 5 nitrogen and oxygen atoms in total. The van der Waals surface area contributed by atoms with Gasteiger partial charge in [0.2, 0.25) is 0 Å². The highest BCUT2D eigenvalue weighted by Gasteiger charge is 2.12. The minimum atomic E-state index is -0.0992. The van der Waals surface area contributed by atoms with Crippen LogP contribution in [0.5, 0.6) is 0 Å². The van der Waals surface area contributed by atoms with Crippen LogP contribution in [0.25, 0.3) is 10.8 Å². The molecule has 0 fully saturated rings. The smallest absolute Gasteiger partial charge is 0.253 e. The molecule has 0 aliphatic carbocycles. The van der Waals surface area contributed by atoms with Crippen molar-refractivity contribution < 1.29 is 9.53 Å². The first-order valence-corrected chi connectivity index (χ1v) is 7.16. The van der Waals surface area contributed by atoms with Gasteiger partial charge in [0, 0.05) is 38.4 Å². The molecule has 0 aliphatic heterocycles. The number of hydrogen-bond donors (Lipinski definition) is 2. The van der Waals surface area contributed by atoms with Crippen LogP contribution in [0.1, 0.15) is 23.7 Å². The van der Waals surface area contributed by atoms with Crippen molar-refractivity contribution in [2.24, 2.45) is 0 Å². The summed E-state index contributed by atoms with van der Waals surface area (Å²) in [5.41, 5.74) is 0.602. The van der Waals surface area contributed by atoms with E-state index in [4.69, 9.17) is 4.74 Å². The average Bonchev–Trinajstić information content (AvgIpc) is 2.52. The number of nitrogens with zero attached hydrogens (tertiary/aromatic N) is 1. The molecule has 2 N–H and O–H groups in total. The molecule has 0 bridgehead atoms. The van der Waals surface area contributed by atoms with Gasteiger partial charge in [0.1, 0.15) is 5.82 Å². The summed E-state index contributed by atoms with van der Waals surface area (Å²) < 4.78 is 4.97. The fourth-order valence-corrected chi connectivity index (χ4v) is 2.20. The third-order valence-electron chi connectivity index (χ3n) is 3.19. The van der Waals surface area contributed by atoms with Gasteiger partial charge in [-0.1, -0.05) is 24.3 Å². The summed E-state index contributed by atoms with van der Waals surface area (Å²) in [7, 11) is 1.65. The van der Waals surface area contributed by atoms with E-state index in [0.29, 0.717) is 18.7 Å². The molecule has 0 atom stereocenters. The van der Waals surface area contributed by atoms with E-state index >= 15 is 0 Å². The van der Waals surface area contributed by atoms with Crippen LogP contribution in [0.3, 0.4) is 0 Å². The average molecular weight is 287 g/mol. The third kappa shape index (κ3) is 3.70. The molecule has 1 heterocycles. The van der Waals surface area contributed by atoms with E-state index < -0.39 is 0 Å². The third-order valence-corrected chi connectivity index (χ3v) is 3.19. The Kier molecular flexibility index (Phi) is 5.51.